The summed E-state index contributed by atoms with van der Waals surface area (Å²) in [5.41, 5.74) is 5.89. The second-order valence-electron chi connectivity index (χ2n) is 3.38. The monoisotopic (exact) mass is 167 g/mol. The Labute approximate surface area is 71.1 Å². The second-order valence-corrected chi connectivity index (χ2v) is 3.38. The third-order valence-corrected chi connectivity index (χ3v) is 2.43. The first-order valence-corrected chi connectivity index (χ1v) is 4.33. The Kier molecular flexibility index (Phi) is 1.84. The maximum Gasteiger partial charge on any atom is 0.231 e. The van der Waals surface area contributed by atoms with Crippen molar-refractivity contribution in [2.45, 2.75) is 38.1 Å². The lowest BCUT2D eigenvalue weighted by Crippen LogP contribution is -2.22. The molecule has 0 saturated heterocycles. The van der Waals surface area contributed by atoms with Crippen molar-refractivity contribution in [3.05, 3.63) is 11.7 Å². The summed E-state index contributed by atoms with van der Waals surface area (Å²) < 4.78 is 5.08. The zero-order valence-corrected chi connectivity index (χ0v) is 7.16. The zero-order valence-electron chi connectivity index (χ0n) is 7.16. The normalized spacial score (nSPS) is 29.5. The molecule has 0 aliphatic heterocycles. The lowest BCUT2D eigenvalue weighted by Gasteiger charge is -2.08. The predicted molar refractivity (Wildman–Crippen MR) is 43.6 cm³/mol. The fraction of sp³-hybridized carbons (Fsp3) is 0.750. The van der Waals surface area contributed by atoms with Crippen molar-refractivity contribution in [3.63, 3.8) is 0 Å². The van der Waals surface area contributed by atoms with E-state index < -0.39 is 0 Å². The molecule has 2 atom stereocenters. The SMILES string of the molecule is Cc1noc([C@@H]2CCC[C@H]2N)n1. The van der Waals surface area contributed by atoms with Crippen LogP contribution in [0, 0.1) is 6.92 Å². The van der Waals surface area contributed by atoms with Crippen molar-refractivity contribution in [2.24, 2.45) is 5.73 Å². The van der Waals surface area contributed by atoms with Crippen LogP contribution in [0.4, 0.5) is 0 Å². The van der Waals surface area contributed by atoms with Crippen LogP contribution < -0.4 is 5.73 Å². The number of nitrogens with two attached hydrogens (primary N) is 1. The van der Waals surface area contributed by atoms with Gasteiger partial charge in [0.05, 0.1) is 5.92 Å². The summed E-state index contributed by atoms with van der Waals surface area (Å²) in [5, 5.41) is 3.75. The molecule has 1 fully saturated rings. The lowest BCUT2D eigenvalue weighted by atomic mass is 10.1. The van der Waals surface area contributed by atoms with Crippen LogP contribution in [-0.2, 0) is 0 Å². The highest BCUT2D eigenvalue weighted by Gasteiger charge is 2.29. The van der Waals surface area contributed by atoms with Crippen molar-refractivity contribution >= 4 is 0 Å². The molecule has 0 radical (unpaired) electrons. The Morgan fingerprint density at radius 3 is 2.83 bits per heavy atom. The second kappa shape index (κ2) is 2.86. The Morgan fingerprint density at radius 1 is 1.50 bits per heavy atom. The zero-order chi connectivity index (χ0) is 8.55. The smallest absolute Gasteiger partial charge is 0.231 e. The molecule has 1 aliphatic carbocycles. The van der Waals surface area contributed by atoms with Gasteiger partial charge in [0.1, 0.15) is 0 Å². The van der Waals surface area contributed by atoms with Crippen LogP contribution in [0.2, 0.25) is 0 Å². The number of aryl methyl sites for hydroxylation is 1. The van der Waals surface area contributed by atoms with Crippen LogP contribution in [0.25, 0.3) is 0 Å². The first-order chi connectivity index (χ1) is 5.77. The molecule has 1 heterocycles. The summed E-state index contributed by atoms with van der Waals surface area (Å²) in [7, 11) is 0. The molecule has 0 bridgehead atoms. The van der Waals surface area contributed by atoms with Crippen molar-refractivity contribution in [1.29, 1.82) is 0 Å². The summed E-state index contributed by atoms with van der Waals surface area (Å²) in [4.78, 5) is 4.19. The van der Waals surface area contributed by atoms with E-state index in [2.05, 4.69) is 10.1 Å². The number of rotatable bonds is 1. The molecule has 4 nitrogen and oxygen atoms in total. The van der Waals surface area contributed by atoms with Gasteiger partial charge in [0, 0.05) is 6.04 Å². The molecule has 2 rings (SSSR count). The highest BCUT2D eigenvalue weighted by Crippen LogP contribution is 2.31. The molecule has 1 saturated carbocycles. The van der Waals surface area contributed by atoms with Gasteiger partial charge < -0.3 is 10.3 Å². The van der Waals surface area contributed by atoms with Crippen LogP contribution in [0.5, 0.6) is 0 Å². The van der Waals surface area contributed by atoms with E-state index in [-0.39, 0.29) is 6.04 Å². The number of aromatic nitrogens is 2. The molecule has 12 heavy (non-hydrogen) atoms. The molecule has 2 N–H and O–H groups in total. The van der Waals surface area contributed by atoms with Crippen molar-refractivity contribution in [2.75, 3.05) is 0 Å². The van der Waals surface area contributed by atoms with E-state index in [0.717, 1.165) is 18.7 Å². The minimum absolute atomic E-state index is 0.213. The fourth-order valence-corrected chi connectivity index (χ4v) is 1.76. The number of hydrogen-bond donors (Lipinski definition) is 1. The molecule has 1 aromatic rings. The summed E-state index contributed by atoms with van der Waals surface area (Å²) in [5.74, 6) is 1.72. The van der Waals surface area contributed by atoms with E-state index in [9.17, 15) is 0 Å². The standard InChI is InChI=1S/C8H13N3O/c1-5-10-8(12-11-5)6-3-2-4-7(6)9/h6-7H,2-4,9H2,1H3/t6-,7-/m1/s1. The average molecular weight is 167 g/mol. The summed E-state index contributed by atoms with van der Waals surface area (Å²) in [6.45, 7) is 1.83. The van der Waals surface area contributed by atoms with Gasteiger partial charge in [-0.2, -0.15) is 4.98 Å². The predicted octanol–water partition coefficient (Wildman–Crippen LogP) is 0.973. The van der Waals surface area contributed by atoms with Gasteiger partial charge in [-0.1, -0.05) is 11.6 Å². The van der Waals surface area contributed by atoms with Gasteiger partial charge in [-0.3, -0.25) is 0 Å². The lowest BCUT2D eigenvalue weighted by molar-refractivity contribution is 0.342. The Bertz CT molecular complexity index is 271. The summed E-state index contributed by atoms with van der Waals surface area (Å²) in [6, 6.07) is 0.213. The van der Waals surface area contributed by atoms with Gasteiger partial charge in [0.25, 0.3) is 0 Å². The van der Waals surface area contributed by atoms with E-state index in [0.29, 0.717) is 11.7 Å². The van der Waals surface area contributed by atoms with Gasteiger partial charge in [0.15, 0.2) is 5.82 Å². The quantitative estimate of drug-likeness (QED) is 0.677. The van der Waals surface area contributed by atoms with Crippen molar-refractivity contribution in [3.8, 4) is 0 Å². The molecule has 1 aliphatic rings. The van der Waals surface area contributed by atoms with Gasteiger partial charge in [-0.25, -0.2) is 0 Å². The van der Waals surface area contributed by atoms with Crippen LogP contribution in [-0.4, -0.2) is 16.2 Å². The molecular weight excluding hydrogens is 154 g/mol. The highest BCUT2D eigenvalue weighted by atomic mass is 16.5. The first-order valence-electron chi connectivity index (χ1n) is 4.33. The fourth-order valence-electron chi connectivity index (χ4n) is 1.76. The van der Waals surface area contributed by atoms with Crippen LogP contribution in [0.1, 0.15) is 36.9 Å². The Hall–Kier alpha value is -0.900. The topological polar surface area (TPSA) is 64.9 Å². The number of hydrogen-bond acceptors (Lipinski definition) is 4. The third kappa shape index (κ3) is 1.22. The van der Waals surface area contributed by atoms with Crippen LogP contribution in [0.15, 0.2) is 4.52 Å². The largest absolute Gasteiger partial charge is 0.339 e. The first kappa shape index (κ1) is 7.73. The molecule has 1 aromatic heterocycles. The average Bonchev–Trinajstić information content (AvgIpc) is 2.58. The van der Waals surface area contributed by atoms with E-state index in [1.165, 1.54) is 6.42 Å². The summed E-state index contributed by atoms with van der Waals surface area (Å²) in [6.07, 6.45) is 3.34. The van der Waals surface area contributed by atoms with Crippen molar-refractivity contribution in [1.82, 2.24) is 10.1 Å². The molecule has 0 spiro atoms. The third-order valence-electron chi connectivity index (χ3n) is 2.43. The van der Waals surface area contributed by atoms with Crippen LogP contribution >= 0.6 is 0 Å². The van der Waals surface area contributed by atoms with Gasteiger partial charge in [-0.05, 0) is 19.8 Å². The van der Waals surface area contributed by atoms with Gasteiger partial charge in [0.2, 0.25) is 5.89 Å². The molecule has 0 amide bonds. The molecular formula is C8H13N3O. The minimum Gasteiger partial charge on any atom is -0.339 e. The minimum atomic E-state index is 0.213. The maximum atomic E-state index is 5.89. The van der Waals surface area contributed by atoms with Gasteiger partial charge >= 0.3 is 0 Å². The Morgan fingerprint density at radius 2 is 2.33 bits per heavy atom. The molecule has 4 heteroatoms. The van der Waals surface area contributed by atoms with Crippen molar-refractivity contribution < 1.29 is 4.52 Å². The maximum absolute atomic E-state index is 5.89. The van der Waals surface area contributed by atoms with Crippen LogP contribution in [0.3, 0.4) is 0 Å². The summed E-state index contributed by atoms with van der Waals surface area (Å²) >= 11 is 0. The van der Waals surface area contributed by atoms with Gasteiger partial charge in [-0.15, -0.1) is 0 Å². The van der Waals surface area contributed by atoms with E-state index in [4.69, 9.17) is 10.3 Å². The van der Waals surface area contributed by atoms with E-state index in [1.807, 2.05) is 6.92 Å². The Balaban J connectivity index is 2.19. The molecule has 0 aromatic carbocycles. The highest BCUT2D eigenvalue weighted by molar-refractivity contribution is 5.01. The molecule has 66 valence electrons. The number of nitrogens with zero attached hydrogens (tertiary/aromatic N) is 2. The van der Waals surface area contributed by atoms with E-state index >= 15 is 0 Å². The molecule has 0 unspecified atom stereocenters. The van der Waals surface area contributed by atoms with E-state index in [1.54, 1.807) is 0 Å².